The predicted molar refractivity (Wildman–Crippen MR) is 105 cm³/mol. The van der Waals surface area contributed by atoms with Gasteiger partial charge in [-0.25, -0.2) is 9.78 Å². The molecule has 1 saturated heterocycles. The molecule has 27 heavy (non-hydrogen) atoms. The molecule has 1 aliphatic rings. The summed E-state index contributed by atoms with van der Waals surface area (Å²) in [6.07, 6.45) is 7.04. The molecule has 3 N–H and O–H groups in total. The fourth-order valence-electron chi connectivity index (χ4n) is 3.38. The van der Waals surface area contributed by atoms with E-state index in [0.717, 1.165) is 40.0 Å². The number of amides is 2. The molecule has 0 radical (unpaired) electrons. The third-order valence-corrected chi connectivity index (χ3v) is 5.43. The average molecular weight is 430 g/mol. The van der Waals surface area contributed by atoms with Crippen LogP contribution in [0.15, 0.2) is 41.3 Å². The first-order valence-corrected chi connectivity index (χ1v) is 9.62. The van der Waals surface area contributed by atoms with Crippen LogP contribution in [0, 0.1) is 0 Å². The molecule has 0 aliphatic carbocycles. The largest absolute Gasteiger partial charge is 0.366 e. The van der Waals surface area contributed by atoms with E-state index in [1.54, 1.807) is 21.8 Å². The summed E-state index contributed by atoms with van der Waals surface area (Å²) in [4.78, 5) is 22.0. The molecule has 0 unspecified atom stereocenters. The lowest BCUT2D eigenvalue weighted by Gasteiger charge is -2.30. The molecule has 2 amide bonds. The SMILES string of the molecule is NC(=O)N1CCC(c2cc(NCc3cccnc3)n3ncc(Br)c3n2)CC1. The van der Waals surface area contributed by atoms with E-state index in [-0.39, 0.29) is 11.9 Å². The molecule has 0 atom stereocenters. The smallest absolute Gasteiger partial charge is 0.314 e. The quantitative estimate of drug-likeness (QED) is 0.663. The number of likely N-dealkylation sites (tertiary alicyclic amines) is 1. The van der Waals surface area contributed by atoms with Crippen molar-refractivity contribution in [2.45, 2.75) is 25.3 Å². The van der Waals surface area contributed by atoms with Crippen molar-refractivity contribution in [3.8, 4) is 0 Å². The summed E-state index contributed by atoms with van der Waals surface area (Å²) in [7, 11) is 0. The first-order valence-electron chi connectivity index (χ1n) is 8.83. The van der Waals surface area contributed by atoms with Gasteiger partial charge in [0.25, 0.3) is 0 Å². The summed E-state index contributed by atoms with van der Waals surface area (Å²) >= 11 is 3.53. The molecular formula is C18H20BrN7O. The molecular weight excluding hydrogens is 410 g/mol. The zero-order valence-electron chi connectivity index (χ0n) is 14.7. The molecule has 9 heteroatoms. The van der Waals surface area contributed by atoms with Crippen LogP contribution in [0.1, 0.15) is 30.0 Å². The molecule has 0 aromatic carbocycles. The number of nitrogens with one attached hydrogen (secondary N) is 1. The molecule has 8 nitrogen and oxygen atoms in total. The topological polar surface area (TPSA) is 101 Å². The summed E-state index contributed by atoms with van der Waals surface area (Å²) in [5, 5.41) is 7.85. The number of carbonyl (C=O) groups excluding carboxylic acids is 1. The first kappa shape index (κ1) is 17.7. The van der Waals surface area contributed by atoms with Crippen molar-refractivity contribution < 1.29 is 4.79 Å². The number of primary amides is 1. The van der Waals surface area contributed by atoms with Crippen LogP contribution >= 0.6 is 15.9 Å². The van der Waals surface area contributed by atoms with Gasteiger partial charge in [-0.1, -0.05) is 6.07 Å². The van der Waals surface area contributed by atoms with E-state index in [1.807, 2.05) is 24.4 Å². The number of hydrogen-bond donors (Lipinski definition) is 2. The van der Waals surface area contributed by atoms with Crippen LogP contribution in [-0.2, 0) is 6.54 Å². The Labute approximate surface area is 164 Å². The monoisotopic (exact) mass is 429 g/mol. The Morgan fingerprint density at radius 3 is 2.85 bits per heavy atom. The summed E-state index contributed by atoms with van der Waals surface area (Å²) in [5.74, 6) is 1.16. The Balaban J connectivity index is 1.60. The zero-order valence-corrected chi connectivity index (χ0v) is 16.3. The molecule has 0 bridgehead atoms. The minimum absolute atomic E-state index is 0.284. The van der Waals surface area contributed by atoms with Crippen molar-refractivity contribution in [1.82, 2.24) is 24.5 Å². The number of nitrogens with two attached hydrogens (primary N) is 1. The summed E-state index contributed by atoms with van der Waals surface area (Å²) in [5.41, 5.74) is 8.25. The number of halogens is 1. The lowest BCUT2D eigenvalue weighted by atomic mass is 9.93. The Morgan fingerprint density at radius 1 is 1.33 bits per heavy atom. The number of nitrogens with zero attached hydrogens (tertiary/aromatic N) is 5. The van der Waals surface area contributed by atoms with Gasteiger partial charge in [0.1, 0.15) is 5.82 Å². The highest BCUT2D eigenvalue weighted by molar-refractivity contribution is 9.10. The maximum Gasteiger partial charge on any atom is 0.314 e. The number of urea groups is 1. The standard InChI is InChI=1S/C18H20BrN7O/c19-14-11-23-26-16(22-10-12-2-1-5-21-9-12)8-15(24-17(14)26)13-3-6-25(7-4-13)18(20)27/h1-2,5,8-9,11,13,22H,3-4,6-7,10H2,(H2,20,27). The number of fused-ring (bicyclic) bond motifs is 1. The zero-order chi connectivity index (χ0) is 18.8. The Morgan fingerprint density at radius 2 is 2.15 bits per heavy atom. The van der Waals surface area contributed by atoms with Gasteiger partial charge in [-0.2, -0.15) is 9.61 Å². The van der Waals surface area contributed by atoms with Crippen molar-refractivity contribution in [1.29, 1.82) is 0 Å². The fourth-order valence-corrected chi connectivity index (χ4v) is 3.73. The lowest BCUT2D eigenvalue weighted by molar-refractivity contribution is 0.190. The van der Waals surface area contributed by atoms with Crippen molar-refractivity contribution in [3.05, 3.63) is 52.5 Å². The van der Waals surface area contributed by atoms with Gasteiger partial charge in [0.2, 0.25) is 0 Å². The number of pyridine rings is 1. The Bertz CT molecular complexity index is 951. The van der Waals surface area contributed by atoms with Crippen LogP contribution in [0.4, 0.5) is 10.6 Å². The van der Waals surface area contributed by atoms with Crippen molar-refractivity contribution in [2.24, 2.45) is 5.73 Å². The average Bonchev–Trinajstić information content (AvgIpc) is 3.08. The van der Waals surface area contributed by atoms with Crippen molar-refractivity contribution in [3.63, 3.8) is 0 Å². The Hall–Kier alpha value is -2.68. The highest BCUT2D eigenvalue weighted by atomic mass is 79.9. The highest BCUT2D eigenvalue weighted by Gasteiger charge is 2.24. The third kappa shape index (κ3) is 3.73. The van der Waals surface area contributed by atoms with Crippen LogP contribution in [0.2, 0.25) is 0 Å². The van der Waals surface area contributed by atoms with E-state index in [1.165, 1.54) is 0 Å². The summed E-state index contributed by atoms with van der Waals surface area (Å²) in [6.45, 7) is 1.96. The number of anilines is 1. The van der Waals surface area contributed by atoms with Crippen LogP contribution in [-0.4, -0.2) is 43.6 Å². The second kappa shape index (κ2) is 7.51. The molecule has 0 spiro atoms. The molecule has 3 aromatic heterocycles. The number of rotatable bonds is 4. The van der Waals surface area contributed by atoms with Gasteiger partial charge in [0, 0.05) is 49.7 Å². The van der Waals surface area contributed by atoms with Crippen molar-refractivity contribution >= 4 is 33.4 Å². The van der Waals surface area contributed by atoms with Gasteiger partial charge in [-0.05, 0) is 40.4 Å². The minimum atomic E-state index is -0.353. The van der Waals surface area contributed by atoms with Crippen LogP contribution in [0.25, 0.3) is 5.65 Å². The van der Waals surface area contributed by atoms with Crippen molar-refractivity contribution in [2.75, 3.05) is 18.4 Å². The van der Waals surface area contributed by atoms with Gasteiger partial charge in [0.05, 0.1) is 10.7 Å². The van der Waals surface area contributed by atoms with E-state index in [4.69, 9.17) is 10.7 Å². The van der Waals surface area contributed by atoms with Gasteiger partial charge >= 0.3 is 6.03 Å². The second-order valence-corrected chi connectivity index (χ2v) is 7.46. The number of aromatic nitrogens is 4. The first-order chi connectivity index (χ1) is 13.1. The van der Waals surface area contributed by atoms with Crippen LogP contribution in [0.3, 0.4) is 0 Å². The van der Waals surface area contributed by atoms with Gasteiger partial charge < -0.3 is 16.0 Å². The lowest BCUT2D eigenvalue weighted by Crippen LogP contribution is -2.41. The predicted octanol–water partition coefficient (Wildman–Crippen LogP) is 2.76. The maximum atomic E-state index is 11.4. The van der Waals surface area contributed by atoms with E-state index in [2.05, 4.69) is 31.3 Å². The van der Waals surface area contributed by atoms with E-state index < -0.39 is 0 Å². The molecule has 4 rings (SSSR count). The summed E-state index contributed by atoms with van der Waals surface area (Å²) in [6, 6.07) is 5.64. The van der Waals surface area contributed by atoms with Crippen LogP contribution in [0.5, 0.6) is 0 Å². The minimum Gasteiger partial charge on any atom is -0.366 e. The number of piperidine rings is 1. The fraction of sp³-hybridized carbons (Fsp3) is 0.333. The van der Waals surface area contributed by atoms with E-state index in [9.17, 15) is 4.79 Å². The molecule has 4 heterocycles. The van der Waals surface area contributed by atoms with E-state index in [0.29, 0.717) is 19.6 Å². The van der Waals surface area contributed by atoms with Gasteiger partial charge in [0.15, 0.2) is 5.65 Å². The maximum absolute atomic E-state index is 11.4. The van der Waals surface area contributed by atoms with Gasteiger partial charge in [-0.3, -0.25) is 4.98 Å². The molecule has 1 fully saturated rings. The number of carbonyl (C=O) groups is 1. The molecule has 1 aliphatic heterocycles. The molecule has 0 saturated carbocycles. The Kier molecular flexibility index (Phi) is 4.93. The number of hydrogen-bond acceptors (Lipinski definition) is 5. The van der Waals surface area contributed by atoms with Crippen LogP contribution < -0.4 is 11.1 Å². The molecule has 3 aromatic rings. The second-order valence-electron chi connectivity index (χ2n) is 6.61. The molecule has 140 valence electrons. The van der Waals surface area contributed by atoms with E-state index >= 15 is 0 Å². The summed E-state index contributed by atoms with van der Waals surface area (Å²) < 4.78 is 2.64. The normalized spacial score (nSPS) is 15.2. The highest BCUT2D eigenvalue weighted by Crippen LogP contribution is 2.30. The third-order valence-electron chi connectivity index (χ3n) is 4.87. The van der Waals surface area contributed by atoms with Gasteiger partial charge in [-0.15, -0.1) is 0 Å².